The number of hydrogen-bond acceptors (Lipinski definition) is 4. The van der Waals surface area contributed by atoms with Crippen molar-refractivity contribution in [3.8, 4) is 0 Å². The summed E-state index contributed by atoms with van der Waals surface area (Å²) in [6, 6.07) is 3.09. The normalized spacial score (nSPS) is 10.9. The highest BCUT2D eigenvalue weighted by Gasteiger charge is 2.18. The number of aromatic amines is 1. The highest BCUT2D eigenvalue weighted by Crippen LogP contribution is 2.20. The fraction of sp³-hybridized carbons (Fsp3) is 0.0714. The maximum absolute atomic E-state index is 13.5. The number of benzene rings is 1. The molecule has 23 heavy (non-hydrogen) atoms. The van der Waals surface area contributed by atoms with Crippen LogP contribution in [0, 0.1) is 17.5 Å². The third-order valence-electron chi connectivity index (χ3n) is 3.09. The largest absolute Gasteiger partial charge is 0.347 e. The number of H-pyrrole nitrogens is 1. The summed E-state index contributed by atoms with van der Waals surface area (Å²) in [7, 11) is 0. The van der Waals surface area contributed by atoms with Crippen LogP contribution in [0.15, 0.2) is 29.3 Å². The lowest BCUT2D eigenvalue weighted by atomic mass is 10.2. The lowest BCUT2D eigenvalue weighted by molar-refractivity contribution is 0.0946. The Labute approximate surface area is 130 Å². The number of hydrogen-bond donors (Lipinski definition) is 2. The number of amides is 1. The molecule has 0 aliphatic heterocycles. The van der Waals surface area contributed by atoms with Crippen molar-refractivity contribution in [2.45, 2.75) is 6.54 Å². The molecule has 5 nitrogen and oxygen atoms in total. The minimum absolute atomic E-state index is 0.00225. The molecule has 2 N–H and O–H groups in total. The fourth-order valence-electron chi connectivity index (χ4n) is 1.97. The lowest BCUT2D eigenvalue weighted by Gasteiger charge is -2.05. The maximum Gasteiger partial charge on any atom is 0.259 e. The second kappa shape index (κ2) is 5.84. The average Bonchev–Trinajstić information content (AvgIpc) is 2.95. The first-order valence-corrected chi connectivity index (χ1v) is 7.17. The van der Waals surface area contributed by atoms with Crippen molar-refractivity contribution in [3.05, 3.63) is 62.8 Å². The van der Waals surface area contributed by atoms with E-state index in [-0.39, 0.29) is 12.1 Å². The number of rotatable bonds is 3. The number of halogens is 3. The van der Waals surface area contributed by atoms with Crippen LogP contribution < -0.4 is 10.9 Å². The van der Waals surface area contributed by atoms with Gasteiger partial charge in [-0.15, -0.1) is 11.3 Å². The van der Waals surface area contributed by atoms with E-state index in [9.17, 15) is 22.8 Å². The zero-order valence-electron chi connectivity index (χ0n) is 11.3. The Morgan fingerprint density at radius 3 is 2.78 bits per heavy atom. The molecular weight excluding hydrogens is 331 g/mol. The van der Waals surface area contributed by atoms with Gasteiger partial charge in [0.2, 0.25) is 0 Å². The monoisotopic (exact) mass is 339 g/mol. The van der Waals surface area contributed by atoms with Gasteiger partial charge >= 0.3 is 0 Å². The third kappa shape index (κ3) is 2.82. The molecule has 0 aliphatic carbocycles. The molecule has 118 valence electrons. The molecule has 0 aliphatic rings. The van der Waals surface area contributed by atoms with Gasteiger partial charge in [-0.3, -0.25) is 9.59 Å². The molecule has 9 heteroatoms. The van der Waals surface area contributed by atoms with E-state index in [2.05, 4.69) is 15.3 Å². The van der Waals surface area contributed by atoms with Crippen LogP contribution in [0.4, 0.5) is 13.2 Å². The van der Waals surface area contributed by atoms with Gasteiger partial charge in [-0.25, -0.2) is 18.2 Å². The molecule has 3 aromatic rings. The van der Waals surface area contributed by atoms with Crippen LogP contribution in [0.5, 0.6) is 0 Å². The predicted molar refractivity (Wildman–Crippen MR) is 77.7 cm³/mol. The Morgan fingerprint density at radius 2 is 2.04 bits per heavy atom. The summed E-state index contributed by atoms with van der Waals surface area (Å²) in [6.45, 7) is -0.00225. The highest BCUT2D eigenvalue weighted by molar-refractivity contribution is 7.18. The number of nitrogens with one attached hydrogen (secondary N) is 2. The summed E-state index contributed by atoms with van der Waals surface area (Å²) >= 11 is 1.18. The first kappa shape index (κ1) is 15.2. The molecule has 0 radical (unpaired) electrons. The van der Waals surface area contributed by atoms with Crippen molar-refractivity contribution in [1.82, 2.24) is 15.3 Å². The van der Waals surface area contributed by atoms with Gasteiger partial charge in [0.25, 0.3) is 11.5 Å². The van der Waals surface area contributed by atoms with Crippen LogP contribution in [-0.2, 0) is 6.54 Å². The molecule has 2 aromatic heterocycles. The number of aromatic nitrogens is 2. The van der Waals surface area contributed by atoms with Crippen LogP contribution >= 0.6 is 11.3 Å². The molecule has 2 heterocycles. The number of carbonyl (C=O) groups excluding carboxylic acids is 1. The SMILES string of the molecule is O=C(NCc1cc2c(=O)[nH]cnc2s1)c1ccc(F)c(F)c1F. The van der Waals surface area contributed by atoms with Crippen molar-refractivity contribution in [3.63, 3.8) is 0 Å². The first-order valence-electron chi connectivity index (χ1n) is 6.35. The molecule has 0 fully saturated rings. The minimum atomic E-state index is -1.70. The molecular formula is C14H8F3N3O2S. The van der Waals surface area contributed by atoms with Crippen LogP contribution in [-0.4, -0.2) is 15.9 Å². The van der Waals surface area contributed by atoms with Gasteiger partial charge in [-0.05, 0) is 18.2 Å². The Hall–Kier alpha value is -2.68. The van der Waals surface area contributed by atoms with Crippen LogP contribution in [0.3, 0.4) is 0 Å². The van der Waals surface area contributed by atoms with Gasteiger partial charge in [-0.1, -0.05) is 0 Å². The van der Waals surface area contributed by atoms with Crippen molar-refractivity contribution in [2.24, 2.45) is 0 Å². The molecule has 0 unspecified atom stereocenters. The Bertz CT molecular complexity index is 968. The van der Waals surface area contributed by atoms with Gasteiger partial charge in [0.1, 0.15) is 4.83 Å². The Balaban J connectivity index is 1.79. The summed E-state index contributed by atoms with van der Waals surface area (Å²) < 4.78 is 39.5. The van der Waals surface area contributed by atoms with Crippen LogP contribution in [0.1, 0.15) is 15.2 Å². The minimum Gasteiger partial charge on any atom is -0.347 e. The number of nitrogens with zero attached hydrogens (tertiary/aromatic N) is 1. The molecule has 3 rings (SSSR count). The fourth-order valence-corrected chi connectivity index (χ4v) is 2.90. The van der Waals surface area contributed by atoms with E-state index in [1.54, 1.807) is 6.07 Å². The standard InChI is InChI=1S/C14H8F3N3O2S/c15-9-2-1-7(10(16)11(9)17)12(21)18-4-6-3-8-13(22)19-5-20-14(8)23-6/h1-3,5H,4H2,(H,18,21)(H,19,20,22). The lowest BCUT2D eigenvalue weighted by Crippen LogP contribution is -2.24. The van der Waals surface area contributed by atoms with E-state index in [1.165, 1.54) is 17.7 Å². The summed E-state index contributed by atoms with van der Waals surface area (Å²) in [5.74, 6) is -5.50. The van der Waals surface area contributed by atoms with E-state index in [4.69, 9.17) is 0 Å². The molecule has 0 saturated heterocycles. The Morgan fingerprint density at radius 1 is 1.26 bits per heavy atom. The quantitative estimate of drug-likeness (QED) is 0.719. The Kier molecular flexibility index (Phi) is 3.87. The van der Waals surface area contributed by atoms with Crippen molar-refractivity contribution in [2.75, 3.05) is 0 Å². The molecule has 0 saturated carbocycles. The second-order valence-electron chi connectivity index (χ2n) is 4.57. The number of fused-ring (bicyclic) bond motifs is 1. The van der Waals surface area contributed by atoms with E-state index < -0.39 is 28.9 Å². The maximum atomic E-state index is 13.5. The molecule has 0 atom stereocenters. The van der Waals surface area contributed by atoms with Crippen LogP contribution in [0.2, 0.25) is 0 Å². The predicted octanol–water partition coefficient (Wildman–Crippen LogP) is 2.33. The number of thiophene rings is 1. The highest BCUT2D eigenvalue weighted by atomic mass is 32.1. The third-order valence-corrected chi connectivity index (χ3v) is 4.13. The van der Waals surface area contributed by atoms with E-state index in [1.807, 2.05) is 0 Å². The van der Waals surface area contributed by atoms with Gasteiger partial charge in [0, 0.05) is 4.88 Å². The smallest absolute Gasteiger partial charge is 0.259 e. The summed E-state index contributed by atoms with van der Waals surface area (Å²) in [5.41, 5.74) is -0.906. The first-order chi connectivity index (χ1) is 11.0. The van der Waals surface area contributed by atoms with E-state index in [0.717, 1.165) is 6.07 Å². The zero-order valence-corrected chi connectivity index (χ0v) is 12.1. The van der Waals surface area contributed by atoms with Gasteiger partial charge in [-0.2, -0.15) is 0 Å². The van der Waals surface area contributed by atoms with Crippen molar-refractivity contribution < 1.29 is 18.0 Å². The van der Waals surface area contributed by atoms with Gasteiger partial charge in [0.05, 0.1) is 23.8 Å². The van der Waals surface area contributed by atoms with Crippen LogP contribution in [0.25, 0.3) is 10.2 Å². The number of carbonyl (C=O) groups is 1. The summed E-state index contributed by atoms with van der Waals surface area (Å²) in [5, 5.41) is 2.76. The van der Waals surface area contributed by atoms with E-state index in [0.29, 0.717) is 21.2 Å². The van der Waals surface area contributed by atoms with Gasteiger partial charge in [0.15, 0.2) is 17.5 Å². The molecule has 0 bridgehead atoms. The summed E-state index contributed by atoms with van der Waals surface area (Å²) in [4.78, 5) is 30.9. The molecule has 1 amide bonds. The average molecular weight is 339 g/mol. The zero-order chi connectivity index (χ0) is 16.6. The second-order valence-corrected chi connectivity index (χ2v) is 5.68. The molecule has 1 aromatic carbocycles. The molecule has 0 spiro atoms. The van der Waals surface area contributed by atoms with E-state index >= 15 is 0 Å². The summed E-state index contributed by atoms with van der Waals surface area (Å²) in [6.07, 6.45) is 1.26. The topological polar surface area (TPSA) is 74.8 Å². The van der Waals surface area contributed by atoms with Gasteiger partial charge < -0.3 is 10.3 Å². The van der Waals surface area contributed by atoms with Crippen molar-refractivity contribution >= 4 is 27.5 Å². The van der Waals surface area contributed by atoms with Crippen molar-refractivity contribution in [1.29, 1.82) is 0 Å².